The molecule has 2 aliphatic heterocycles. The minimum Gasteiger partial charge on any atom is -0.494 e. The van der Waals surface area contributed by atoms with Gasteiger partial charge in [-0.25, -0.2) is 0 Å². The van der Waals surface area contributed by atoms with E-state index in [-0.39, 0.29) is 35.6 Å². The van der Waals surface area contributed by atoms with E-state index in [1.165, 1.54) is 10.6 Å². The van der Waals surface area contributed by atoms with E-state index in [1.807, 2.05) is 13.8 Å². The van der Waals surface area contributed by atoms with Gasteiger partial charge in [0.05, 0.1) is 17.8 Å². The lowest BCUT2D eigenvalue weighted by molar-refractivity contribution is -0.134. The van der Waals surface area contributed by atoms with E-state index >= 15 is 0 Å². The van der Waals surface area contributed by atoms with Crippen LogP contribution in [0.1, 0.15) is 55.5 Å². The van der Waals surface area contributed by atoms with Gasteiger partial charge in [0.25, 0.3) is 11.5 Å². The quantitative estimate of drug-likeness (QED) is 0.504. The van der Waals surface area contributed by atoms with Crippen molar-refractivity contribution in [1.82, 2.24) is 24.4 Å². The summed E-state index contributed by atoms with van der Waals surface area (Å²) >= 11 is 0. The molecule has 11 nitrogen and oxygen atoms in total. The summed E-state index contributed by atoms with van der Waals surface area (Å²) in [7, 11) is 1.67. The number of anilines is 1. The van der Waals surface area contributed by atoms with E-state index in [0.29, 0.717) is 36.7 Å². The predicted octanol–water partition coefficient (Wildman–Crippen LogP) is 1.19. The highest BCUT2D eigenvalue weighted by molar-refractivity contribution is 5.97. The summed E-state index contributed by atoms with van der Waals surface area (Å²) in [6, 6.07) is 0.0287. The molecule has 2 atom stereocenters. The van der Waals surface area contributed by atoms with Gasteiger partial charge in [-0.05, 0) is 37.7 Å². The number of nitrogens with one attached hydrogen (secondary N) is 2. The Hall–Kier alpha value is -3.34. The van der Waals surface area contributed by atoms with E-state index in [0.717, 1.165) is 30.2 Å². The second-order valence-corrected chi connectivity index (χ2v) is 10.0. The van der Waals surface area contributed by atoms with Gasteiger partial charge in [0.1, 0.15) is 0 Å². The zero-order valence-electron chi connectivity index (χ0n) is 20.3. The number of rotatable bonds is 7. The predicted molar refractivity (Wildman–Crippen MR) is 129 cm³/mol. The molecule has 3 fully saturated rings. The number of hydrogen-bond acceptors (Lipinski definition) is 7. The molecule has 188 valence electrons. The second-order valence-electron chi connectivity index (χ2n) is 10.0. The molecule has 0 aromatic carbocycles. The van der Waals surface area contributed by atoms with Gasteiger partial charge < -0.3 is 25.4 Å². The SMILES string of the molecule is CNc1nn2c(=O)c(C(=O)NC3CC3)c(O)n(CC(C)C)c2c1C=CC(=O)N1CC2CCC(C1)O2. The standard InChI is InChI=1S/C24H32N6O5/c1-13(2)10-29-22-17(8-9-18(31)28-11-15-6-7-16(12-28)35-15)20(25-3)27-30(22)24(34)19(23(29)33)21(32)26-14-4-5-14/h8-9,13-16,33H,4-7,10-12H2,1-3H3,(H,25,27)(H,26,32). The highest BCUT2D eigenvalue weighted by Gasteiger charge is 2.35. The van der Waals surface area contributed by atoms with Crippen LogP contribution in [0.2, 0.25) is 0 Å². The fourth-order valence-corrected chi connectivity index (χ4v) is 4.87. The highest BCUT2D eigenvalue weighted by Crippen LogP contribution is 2.29. The van der Waals surface area contributed by atoms with Crippen molar-refractivity contribution in [3.8, 4) is 5.88 Å². The first kappa shape index (κ1) is 23.4. The fourth-order valence-electron chi connectivity index (χ4n) is 4.87. The zero-order valence-corrected chi connectivity index (χ0v) is 20.3. The summed E-state index contributed by atoms with van der Waals surface area (Å²) in [6.45, 7) is 5.41. The molecule has 5 rings (SSSR count). The number of carbonyl (C=O) groups is 2. The lowest BCUT2D eigenvalue weighted by atomic mass is 10.2. The van der Waals surface area contributed by atoms with Crippen molar-refractivity contribution in [3.05, 3.63) is 27.6 Å². The summed E-state index contributed by atoms with van der Waals surface area (Å²) < 4.78 is 8.48. The number of nitrogens with zero attached hydrogens (tertiary/aromatic N) is 4. The van der Waals surface area contributed by atoms with Gasteiger partial charge in [-0.15, -0.1) is 5.10 Å². The lowest BCUT2D eigenvalue weighted by Crippen LogP contribution is -2.45. The average Bonchev–Trinajstić information content (AvgIpc) is 3.46. The summed E-state index contributed by atoms with van der Waals surface area (Å²) in [5, 5.41) is 21.2. The van der Waals surface area contributed by atoms with Crippen molar-refractivity contribution in [1.29, 1.82) is 0 Å². The third-order valence-electron chi connectivity index (χ3n) is 6.71. The van der Waals surface area contributed by atoms with Gasteiger partial charge in [-0.1, -0.05) is 13.8 Å². The highest BCUT2D eigenvalue weighted by atomic mass is 16.5. The molecule has 11 heteroatoms. The first-order valence-electron chi connectivity index (χ1n) is 12.3. The van der Waals surface area contributed by atoms with E-state index in [4.69, 9.17) is 4.74 Å². The van der Waals surface area contributed by atoms with Gasteiger partial charge in [-0.2, -0.15) is 4.52 Å². The molecule has 2 amide bonds. The maximum Gasteiger partial charge on any atom is 0.291 e. The molecule has 35 heavy (non-hydrogen) atoms. The molecule has 3 N–H and O–H groups in total. The third kappa shape index (κ3) is 4.40. The molecule has 2 bridgehead atoms. The van der Waals surface area contributed by atoms with Crippen LogP contribution in [0.15, 0.2) is 10.9 Å². The fraction of sp³-hybridized carbons (Fsp3) is 0.583. The number of likely N-dealkylation sites (tertiary alicyclic amines) is 1. The lowest BCUT2D eigenvalue weighted by Gasteiger charge is -2.31. The summed E-state index contributed by atoms with van der Waals surface area (Å²) in [6.07, 6.45) is 6.91. The molecule has 0 spiro atoms. The molecular formula is C24H32N6O5. The van der Waals surface area contributed by atoms with Crippen molar-refractivity contribution >= 4 is 29.4 Å². The largest absolute Gasteiger partial charge is 0.494 e. The first-order chi connectivity index (χ1) is 16.8. The number of aromatic nitrogens is 3. The van der Waals surface area contributed by atoms with E-state index in [1.54, 1.807) is 18.0 Å². The second kappa shape index (κ2) is 9.03. The van der Waals surface area contributed by atoms with Crippen LogP contribution in [0.3, 0.4) is 0 Å². The zero-order chi connectivity index (χ0) is 24.9. The monoisotopic (exact) mass is 484 g/mol. The van der Waals surface area contributed by atoms with Crippen LogP contribution in [-0.4, -0.2) is 74.4 Å². The Morgan fingerprint density at radius 3 is 2.49 bits per heavy atom. The molecule has 2 aromatic heterocycles. The van der Waals surface area contributed by atoms with Crippen molar-refractivity contribution in [3.63, 3.8) is 0 Å². The molecule has 0 radical (unpaired) electrons. The van der Waals surface area contributed by atoms with Gasteiger partial charge in [0, 0.05) is 38.8 Å². The average molecular weight is 485 g/mol. The number of amides is 2. The van der Waals surface area contributed by atoms with E-state index in [2.05, 4.69) is 15.7 Å². The Bertz CT molecular complexity index is 1250. The Kier molecular flexibility index (Phi) is 6.04. The van der Waals surface area contributed by atoms with Gasteiger partial charge in [-0.3, -0.25) is 19.0 Å². The van der Waals surface area contributed by atoms with E-state index in [9.17, 15) is 19.5 Å². The normalized spacial score (nSPS) is 21.9. The Balaban J connectivity index is 1.57. The number of morpholine rings is 1. The van der Waals surface area contributed by atoms with Crippen molar-refractivity contribution in [2.75, 3.05) is 25.5 Å². The molecule has 1 saturated carbocycles. The number of aromatic hydroxyl groups is 1. The molecular weight excluding hydrogens is 452 g/mol. The summed E-state index contributed by atoms with van der Waals surface area (Å²) in [5.74, 6) is -0.687. The molecule has 2 saturated heterocycles. The van der Waals surface area contributed by atoms with Crippen LogP contribution in [0, 0.1) is 5.92 Å². The molecule has 2 unspecified atom stereocenters. The van der Waals surface area contributed by atoms with Crippen molar-refractivity contribution in [2.24, 2.45) is 5.92 Å². The first-order valence-corrected chi connectivity index (χ1v) is 12.3. The molecule has 2 aromatic rings. The van der Waals surface area contributed by atoms with Gasteiger partial charge >= 0.3 is 0 Å². The van der Waals surface area contributed by atoms with E-state index < -0.39 is 17.3 Å². The summed E-state index contributed by atoms with van der Waals surface area (Å²) in [4.78, 5) is 40.9. The summed E-state index contributed by atoms with van der Waals surface area (Å²) in [5.41, 5.74) is -0.229. The van der Waals surface area contributed by atoms with Crippen LogP contribution >= 0.6 is 0 Å². The molecule has 3 aliphatic rings. The van der Waals surface area contributed by atoms with Crippen LogP contribution in [0.4, 0.5) is 5.82 Å². The Morgan fingerprint density at radius 1 is 1.20 bits per heavy atom. The van der Waals surface area contributed by atoms with Crippen LogP contribution in [-0.2, 0) is 16.1 Å². The Morgan fingerprint density at radius 2 is 1.89 bits per heavy atom. The number of hydrogen-bond donors (Lipinski definition) is 3. The van der Waals surface area contributed by atoms with Crippen molar-refractivity contribution in [2.45, 2.75) is 64.3 Å². The van der Waals surface area contributed by atoms with Gasteiger partial charge in [0.15, 0.2) is 17.0 Å². The number of ether oxygens (including phenoxy) is 1. The molecule has 4 heterocycles. The number of carbonyl (C=O) groups excluding carboxylic acids is 2. The minimum absolute atomic E-state index is 0.0287. The smallest absolute Gasteiger partial charge is 0.291 e. The maximum absolute atomic E-state index is 13.3. The van der Waals surface area contributed by atoms with Crippen LogP contribution in [0.25, 0.3) is 11.7 Å². The maximum atomic E-state index is 13.3. The molecule has 1 aliphatic carbocycles. The topological polar surface area (TPSA) is 130 Å². The minimum atomic E-state index is -0.706. The van der Waals surface area contributed by atoms with Crippen LogP contribution in [0.5, 0.6) is 5.88 Å². The Labute approximate surface area is 202 Å². The third-order valence-corrected chi connectivity index (χ3v) is 6.71. The van der Waals surface area contributed by atoms with Crippen LogP contribution < -0.4 is 16.2 Å². The van der Waals surface area contributed by atoms with Crippen molar-refractivity contribution < 1.29 is 19.4 Å². The number of fused-ring (bicyclic) bond motifs is 3. The van der Waals surface area contributed by atoms with Gasteiger partial charge in [0.2, 0.25) is 11.8 Å².